The van der Waals surface area contributed by atoms with Crippen molar-refractivity contribution in [2.75, 3.05) is 12.4 Å². The summed E-state index contributed by atoms with van der Waals surface area (Å²) in [5.41, 5.74) is -0.592. The number of anilines is 1. The molecule has 1 atom stereocenters. The lowest BCUT2D eigenvalue weighted by molar-refractivity contribution is -0.384. The molecule has 1 aromatic heterocycles. The minimum Gasteiger partial charge on any atom is -0.467 e. The van der Waals surface area contributed by atoms with Crippen molar-refractivity contribution in [3.05, 3.63) is 27.9 Å². The molecule has 0 radical (unpaired) electrons. The van der Waals surface area contributed by atoms with Gasteiger partial charge in [0.15, 0.2) is 0 Å². The highest BCUT2D eigenvalue weighted by Gasteiger charge is 2.24. The summed E-state index contributed by atoms with van der Waals surface area (Å²) in [6, 6.07) is 2.11. The molecule has 0 bridgehead atoms. The van der Waals surface area contributed by atoms with Gasteiger partial charge in [-0.1, -0.05) is 0 Å². The second-order valence-electron chi connectivity index (χ2n) is 3.31. The van der Waals surface area contributed by atoms with Crippen LogP contribution in [0.3, 0.4) is 0 Å². The number of nitro groups is 1. The summed E-state index contributed by atoms with van der Waals surface area (Å²) >= 11 is 0. The Morgan fingerprint density at radius 2 is 2.39 bits per heavy atom. The zero-order valence-corrected chi connectivity index (χ0v) is 9.71. The number of methoxy groups -OCH3 is 1. The van der Waals surface area contributed by atoms with Crippen molar-refractivity contribution in [1.82, 2.24) is 4.98 Å². The Morgan fingerprint density at radius 3 is 2.89 bits per heavy atom. The lowest BCUT2D eigenvalue weighted by Gasteiger charge is -2.12. The van der Waals surface area contributed by atoms with E-state index in [1.165, 1.54) is 26.3 Å². The summed E-state index contributed by atoms with van der Waals surface area (Å²) in [7, 11) is 1.20. The number of esters is 1. The normalized spacial score (nSPS) is 11.2. The summed E-state index contributed by atoms with van der Waals surface area (Å²) in [4.78, 5) is 25.1. The van der Waals surface area contributed by atoms with Crippen LogP contribution in [0, 0.1) is 21.4 Å². The lowest BCUT2D eigenvalue weighted by atomic mass is 10.2. The van der Waals surface area contributed by atoms with Gasteiger partial charge < -0.3 is 10.1 Å². The Hall–Kier alpha value is -2.69. The van der Waals surface area contributed by atoms with Crippen molar-refractivity contribution in [2.45, 2.75) is 13.0 Å². The average Bonchev–Trinajstić information content (AvgIpc) is 2.36. The molecule has 1 heterocycles. The van der Waals surface area contributed by atoms with E-state index in [0.29, 0.717) is 0 Å². The molecule has 1 rings (SSSR count). The number of nitrogens with one attached hydrogen (secondary N) is 1. The van der Waals surface area contributed by atoms with E-state index >= 15 is 0 Å². The predicted molar refractivity (Wildman–Crippen MR) is 60.7 cm³/mol. The molecule has 0 saturated carbocycles. The van der Waals surface area contributed by atoms with E-state index in [-0.39, 0.29) is 11.4 Å². The van der Waals surface area contributed by atoms with Crippen LogP contribution in [0.2, 0.25) is 0 Å². The first kappa shape index (κ1) is 13.4. The number of pyridine rings is 1. The summed E-state index contributed by atoms with van der Waals surface area (Å²) in [5, 5.41) is 22.2. The first-order valence-corrected chi connectivity index (χ1v) is 4.89. The van der Waals surface area contributed by atoms with E-state index in [1.54, 1.807) is 6.07 Å². The van der Waals surface area contributed by atoms with Gasteiger partial charge in [-0.3, -0.25) is 10.1 Å². The molecule has 94 valence electrons. The molecule has 0 saturated heterocycles. The van der Waals surface area contributed by atoms with Crippen LogP contribution in [0.5, 0.6) is 0 Å². The van der Waals surface area contributed by atoms with Gasteiger partial charge in [0.05, 0.1) is 12.0 Å². The summed E-state index contributed by atoms with van der Waals surface area (Å²) in [6.07, 6.45) is 1.25. The topological polar surface area (TPSA) is 118 Å². The maximum absolute atomic E-state index is 11.2. The Morgan fingerprint density at radius 1 is 1.72 bits per heavy atom. The number of nitrogens with zero attached hydrogens (tertiary/aromatic N) is 3. The minimum absolute atomic E-state index is 0.130. The van der Waals surface area contributed by atoms with Crippen LogP contribution in [0.1, 0.15) is 12.5 Å². The predicted octanol–water partition coefficient (Wildman–Crippen LogP) is 0.835. The third-order valence-corrected chi connectivity index (χ3v) is 2.14. The largest absolute Gasteiger partial charge is 0.467 e. The summed E-state index contributed by atoms with van der Waals surface area (Å²) < 4.78 is 4.48. The minimum atomic E-state index is -0.810. The number of carbonyl (C=O) groups is 1. The van der Waals surface area contributed by atoms with Gasteiger partial charge in [-0.15, -0.1) is 0 Å². The average molecular weight is 250 g/mol. The Kier molecular flexibility index (Phi) is 4.15. The zero-order valence-electron chi connectivity index (χ0n) is 9.71. The fraction of sp³-hybridized carbons (Fsp3) is 0.300. The van der Waals surface area contributed by atoms with Crippen molar-refractivity contribution in [2.24, 2.45) is 0 Å². The maximum Gasteiger partial charge on any atom is 0.328 e. The Labute approximate surface area is 102 Å². The molecule has 1 N–H and O–H groups in total. The number of hydrogen-bond donors (Lipinski definition) is 1. The van der Waals surface area contributed by atoms with Gasteiger partial charge in [-0.25, -0.2) is 9.78 Å². The highest BCUT2D eigenvalue weighted by Crippen LogP contribution is 2.26. The molecular formula is C10H10N4O4. The monoisotopic (exact) mass is 250 g/mol. The number of rotatable bonds is 4. The van der Waals surface area contributed by atoms with Crippen LogP contribution in [-0.2, 0) is 9.53 Å². The lowest BCUT2D eigenvalue weighted by Crippen LogP contribution is -2.28. The molecule has 0 fully saturated rings. The molecule has 0 aliphatic carbocycles. The SMILES string of the molecule is COC(=O)C(C)Nc1nccc(C#N)c1[N+](=O)[O-]. The van der Waals surface area contributed by atoms with Crippen LogP contribution < -0.4 is 5.32 Å². The molecule has 8 nitrogen and oxygen atoms in total. The van der Waals surface area contributed by atoms with Crippen LogP contribution in [0.4, 0.5) is 11.5 Å². The molecule has 0 spiro atoms. The van der Waals surface area contributed by atoms with Crippen molar-refractivity contribution in [1.29, 1.82) is 5.26 Å². The first-order valence-electron chi connectivity index (χ1n) is 4.89. The van der Waals surface area contributed by atoms with Gasteiger partial charge in [0, 0.05) is 6.20 Å². The molecule has 18 heavy (non-hydrogen) atoms. The molecule has 1 unspecified atom stereocenters. The van der Waals surface area contributed by atoms with Gasteiger partial charge in [0.1, 0.15) is 17.7 Å². The van der Waals surface area contributed by atoms with E-state index < -0.39 is 22.6 Å². The fourth-order valence-electron chi connectivity index (χ4n) is 1.28. The third kappa shape index (κ3) is 2.70. The highest BCUT2D eigenvalue weighted by molar-refractivity contribution is 5.79. The zero-order chi connectivity index (χ0) is 13.7. The quantitative estimate of drug-likeness (QED) is 0.477. The third-order valence-electron chi connectivity index (χ3n) is 2.14. The van der Waals surface area contributed by atoms with Gasteiger partial charge in [-0.05, 0) is 13.0 Å². The Balaban J connectivity index is 3.14. The van der Waals surface area contributed by atoms with Gasteiger partial charge in [0.25, 0.3) is 0 Å². The number of hydrogen-bond acceptors (Lipinski definition) is 7. The smallest absolute Gasteiger partial charge is 0.328 e. The Bertz CT molecular complexity index is 523. The van der Waals surface area contributed by atoms with Gasteiger partial charge in [0.2, 0.25) is 5.82 Å². The second-order valence-corrected chi connectivity index (χ2v) is 3.31. The molecule has 8 heteroatoms. The number of nitriles is 1. The van der Waals surface area contributed by atoms with Crippen LogP contribution >= 0.6 is 0 Å². The van der Waals surface area contributed by atoms with Gasteiger partial charge in [-0.2, -0.15) is 5.26 Å². The molecule has 0 aliphatic heterocycles. The van der Waals surface area contributed by atoms with E-state index in [1.807, 2.05) is 0 Å². The highest BCUT2D eigenvalue weighted by atomic mass is 16.6. The molecule has 0 amide bonds. The van der Waals surface area contributed by atoms with E-state index in [9.17, 15) is 14.9 Å². The van der Waals surface area contributed by atoms with Crippen LogP contribution in [0.25, 0.3) is 0 Å². The molecule has 1 aromatic rings. The number of ether oxygens (including phenoxy) is 1. The molecular weight excluding hydrogens is 240 g/mol. The van der Waals surface area contributed by atoms with E-state index in [2.05, 4.69) is 15.0 Å². The number of aromatic nitrogens is 1. The van der Waals surface area contributed by atoms with Crippen molar-refractivity contribution in [3.8, 4) is 6.07 Å². The first-order chi connectivity index (χ1) is 8.51. The molecule has 0 aromatic carbocycles. The number of carbonyl (C=O) groups excluding carboxylic acids is 1. The summed E-state index contributed by atoms with van der Waals surface area (Å²) in [5.74, 6) is -0.731. The van der Waals surface area contributed by atoms with Crippen molar-refractivity contribution >= 4 is 17.5 Å². The van der Waals surface area contributed by atoms with Crippen molar-refractivity contribution < 1.29 is 14.5 Å². The maximum atomic E-state index is 11.2. The van der Waals surface area contributed by atoms with E-state index in [4.69, 9.17) is 5.26 Å². The van der Waals surface area contributed by atoms with Crippen LogP contribution in [0.15, 0.2) is 12.3 Å². The van der Waals surface area contributed by atoms with Crippen LogP contribution in [-0.4, -0.2) is 29.0 Å². The summed E-state index contributed by atoms with van der Waals surface area (Å²) in [6.45, 7) is 1.47. The van der Waals surface area contributed by atoms with E-state index in [0.717, 1.165) is 0 Å². The molecule has 0 aliphatic rings. The second kappa shape index (κ2) is 5.58. The standard InChI is InChI=1S/C10H10N4O4/c1-6(10(15)18-2)13-9-8(14(16)17)7(5-11)3-4-12-9/h3-4,6H,1-2H3,(H,12,13). The van der Waals surface area contributed by atoms with Crippen molar-refractivity contribution in [3.63, 3.8) is 0 Å². The van der Waals surface area contributed by atoms with Gasteiger partial charge >= 0.3 is 11.7 Å². The fourth-order valence-corrected chi connectivity index (χ4v) is 1.28.